The van der Waals surface area contributed by atoms with Crippen LogP contribution in [0.25, 0.3) is 0 Å². The van der Waals surface area contributed by atoms with Crippen molar-refractivity contribution in [3.05, 3.63) is 65.7 Å². The van der Waals surface area contributed by atoms with E-state index < -0.39 is 10.0 Å². The molecule has 2 rings (SSSR count). The molecular formula is C17H21N3O3S. The zero-order valence-electron chi connectivity index (χ0n) is 13.2. The van der Waals surface area contributed by atoms with E-state index >= 15 is 0 Å². The molecule has 24 heavy (non-hydrogen) atoms. The molecule has 0 radical (unpaired) electrons. The molecule has 0 spiro atoms. The number of amides is 1. The van der Waals surface area contributed by atoms with Crippen LogP contribution < -0.4 is 15.8 Å². The summed E-state index contributed by atoms with van der Waals surface area (Å²) >= 11 is 0. The number of nitrogens with two attached hydrogens (primary N) is 1. The molecule has 0 aromatic heterocycles. The maximum absolute atomic E-state index is 11.7. The second-order valence-corrected chi connectivity index (χ2v) is 6.94. The van der Waals surface area contributed by atoms with Crippen molar-refractivity contribution in [1.29, 1.82) is 0 Å². The van der Waals surface area contributed by atoms with Gasteiger partial charge in [0, 0.05) is 13.1 Å². The number of nitrogens with one attached hydrogen (secondary N) is 2. The van der Waals surface area contributed by atoms with Gasteiger partial charge in [-0.3, -0.25) is 4.79 Å². The van der Waals surface area contributed by atoms with Crippen LogP contribution in [0.5, 0.6) is 0 Å². The average molecular weight is 347 g/mol. The first kappa shape index (κ1) is 18.1. The Labute approximate surface area is 142 Å². The number of hydrogen-bond acceptors (Lipinski definition) is 4. The highest BCUT2D eigenvalue weighted by atomic mass is 32.2. The molecule has 0 unspecified atom stereocenters. The highest BCUT2D eigenvalue weighted by Gasteiger charge is 2.06. The second kappa shape index (κ2) is 8.58. The van der Waals surface area contributed by atoms with E-state index in [0.29, 0.717) is 19.5 Å². The zero-order chi connectivity index (χ0) is 17.4. The predicted octanol–water partition coefficient (Wildman–Crippen LogP) is 0.783. The highest BCUT2D eigenvalue weighted by Crippen LogP contribution is 2.08. The smallest absolute Gasteiger partial charge is 0.238 e. The maximum atomic E-state index is 11.7. The Bertz CT molecular complexity index is 759. The fraction of sp³-hybridized carbons (Fsp3) is 0.235. The lowest BCUT2D eigenvalue weighted by Crippen LogP contribution is -2.34. The third-order valence-electron chi connectivity index (χ3n) is 3.45. The van der Waals surface area contributed by atoms with Crippen molar-refractivity contribution in [3.63, 3.8) is 0 Å². The first-order valence-electron chi connectivity index (χ1n) is 7.58. The Morgan fingerprint density at radius 3 is 2.25 bits per heavy atom. The van der Waals surface area contributed by atoms with Crippen LogP contribution in [0.2, 0.25) is 0 Å². The van der Waals surface area contributed by atoms with Gasteiger partial charge in [0.15, 0.2) is 0 Å². The number of sulfonamides is 1. The normalized spacial score (nSPS) is 11.2. The minimum absolute atomic E-state index is 0.0768. The van der Waals surface area contributed by atoms with Crippen LogP contribution in [0.1, 0.15) is 11.1 Å². The molecule has 6 nitrogen and oxygen atoms in total. The summed E-state index contributed by atoms with van der Waals surface area (Å²) in [6.45, 7) is 1.38. The highest BCUT2D eigenvalue weighted by molar-refractivity contribution is 7.89. The van der Waals surface area contributed by atoms with Gasteiger partial charge in [0.05, 0.1) is 11.4 Å². The molecule has 0 fully saturated rings. The number of benzene rings is 2. The summed E-state index contributed by atoms with van der Waals surface area (Å²) in [5, 5.41) is 10.9. The van der Waals surface area contributed by atoms with Crippen molar-refractivity contribution in [2.24, 2.45) is 5.14 Å². The molecule has 2 aromatic rings. The van der Waals surface area contributed by atoms with Crippen LogP contribution in [0.15, 0.2) is 59.5 Å². The zero-order valence-corrected chi connectivity index (χ0v) is 14.1. The number of hydrogen-bond donors (Lipinski definition) is 3. The van der Waals surface area contributed by atoms with E-state index in [1.165, 1.54) is 12.1 Å². The summed E-state index contributed by atoms with van der Waals surface area (Å²) in [5.74, 6) is -0.0768. The lowest BCUT2D eigenvalue weighted by atomic mass is 10.1. The van der Waals surface area contributed by atoms with Gasteiger partial charge in [-0.1, -0.05) is 42.5 Å². The van der Waals surface area contributed by atoms with Gasteiger partial charge in [0.1, 0.15) is 0 Å². The number of primary sulfonamides is 1. The number of carbonyl (C=O) groups excluding carboxylic acids is 1. The third kappa shape index (κ3) is 6.11. The topological polar surface area (TPSA) is 101 Å². The fourth-order valence-electron chi connectivity index (χ4n) is 2.17. The predicted molar refractivity (Wildman–Crippen MR) is 92.7 cm³/mol. The molecule has 0 atom stereocenters. The molecule has 0 bridgehead atoms. The molecule has 0 saturated heterocycles. The summed E-state index contributed by atoms with van der Waals surface area (Å²) in [5.41, 5.74) is 2.06. The Morgan fingerprint density at radius 1 is 0.958 bits per heavy atom. The fourth-order valence-corrected chi connectivity index (χ4v) is 2.69. The van der Waals surface area contributed by atoms with Crippen molar-refractivity contribution in [3.8, 4) is 0 Å². The van der Waals surface area contributed by atoms with E-state index in [2.05, 4.69) is 10.6 Å². The van der Waals surface area contributed by atoms with Gasteiger partial charge in [-0.25, -0.2) is 13.6 Å². The molecule has 128 valence electrons. The van der Waals surface area contributed by atoms with Gasteiger partial charge in [0.25, 0.3) is 0 Å². The molecule has 4 N–H and O–H groups in total. The monoisotopic (exact) mass is 347 g/mol. The van der Waals surface area contributed by atoms with Crippen LogP contribution in [0.4, 0.5) is 0 Å². The van der Waals surface area contributed by atoms with Crippen molar-refractivity contribution in [2.45, 2.75) is 17.9 Å². The van der Waals surface area contributed by atoms with Crippen molar-refractivity contribution in [2.75, 3.05) is 13.1 Å². The van der Waals surface area contributed by atoms with Crippen LogP contribution in [-0.4, -0.2) is 27.4 Å². The molecule has 1 amide bonds. The number of carbonyl (C=O) groups is 1. The quantitative estimate of drug-likeness (QED) is 0.657. The molecule has 0 saturated carbocycles. The van der Waals surface area contributed by atoms with E-state index in [1.807, 2.05) is 30.3 Å². The molecular weight excluding hydrogens is 326 g/mol. The average Bonchev–Trinajstić information content (AvgIpc) is 2.55. The third-order valence-corrected chi connectivity index (χ3v) is 4.37. The maximum Gasteiger partial charge on any atom is 0.238 e. The van der Waals surface area contributed by atoms with Gasteiger partial charge in [-0.05, 0) is 29.7 Å². The van der Waals surface area contributed by atoms with Crippen LogP contribution >= 0.6 is 0 Å². The Kier molecular flexibility index (Phi) is 6.48. The lowest BCUT2D eigenvalue weighted by Gasteiger charge is -2.07. The minimum atomic E-state index is -3.66. The SMILES string of the molecule is NS(=O)(=O)c1ccc(CCNC(=O)CNCc2ccccc2)cc1. The largest absolute Gasteiger partial charge is 0.355 e. The Balaban J connectivity index is 1.67. The molecule has 7 heteroatoms. The molecule has 0 aliphatic rings. The summed E-state index contributed by atoms with van der Waals surface area (Å²) < 4.78 is 22.3. The van der Waals surface area contributed by atoms with E-state index in [0.717, 1.165) is 11.1 Å². The van der Waals surface area contributed by atoms with E-state index in [4.69, 9.17) is 5.14 Å². The first-order valence-corrected chi connectivity index (χ1v) is 9.13. The summed E-state index contributed by atoms with van der Waals surface area (Å²) in [6.07, 6.45) is 0.620. The lowest BCUT2D eigenvalue weighted by molar-refractivity contribution is -0.120. The van der Waals surface area contributed by atoms with Gasteiger partial charge >= 0.3 is 0 Å². The second-order valence-electron chi connectivity index (χ2n) is 5.38. The van der Waals surface area contributed by atoms with Crippen LogP contribution in [0.3, 0.4) is 0 Å². The van der Waals surface area contributed by atoms with Crippen LogP contribution in [-0.2, 0) is 27.8 Å². The first-order chi connectivity index (χ1) is 11.4. The standard InChI is InChI=1S/C17H21N3O3S/c18-24(22,23)16-8-6-14(7-9-16)10-11-20-17(21)13-19-12-15-4-2-1-3-5-15/h1-9,19H,10-13H2,(H,20,21)(H2,18,22,23). The number of rotatable bonds is 8. The van der Waals surface area contributed by atoms with Gasteiger partial charge in [0.2, 0.25) is 15.9 Å². The van der Waals surface area contributed by atoms with E-state index in [1.54, 1.807) is 12.1 Å². The molecule has 0 aliphatic carbocycles. The Hall–Kier alpha value is -2.22. The van der Waals surface area contributed by atoms with Gasteiger partial charge in [-0.15, -0.1) is 0 Å². The summed E-state index contributed by atoms with van der Waals surface area (Å²) in [6, 6.07) is 16.2. The van der Waals surface area contributed by atoms with E-state index in [-0.39, 0.29) is 17.3 Å². The van der Waals surface area contributed by atoms with E-state index in [9.17, 15) is 13.2 Å². The molecule has 2 aromatic carbocycles. The summed E-state index contributed by atoms with van der Waals surface area (Å²) in [4.78, 5) is 11.8. The van der Waals surface area contributed by atoms with Crippen molar-refractivity contribution >= 4 is 15.9 Å². The van der Waals surface area contributed by atoms with Gasteiger partial charge in [-0.2, -0.15) is 0 Å². The minimum Gasteiger partial charge on any atom is -0.355 e. The van der Waals surface area contributed by atoms with Gasteiger partial charge < -0.3 is 10.6 Å². The molecule has 0 heterocycles. The molecule has 0 aliphatic heterocycles. The summed E-state index contributed by atoms with van der Waals surface area (Å²) in [7, 11) is -3.66. The Morgan fingerprint density at radius 2 is 1.62 bits per heavy atom. The van der Waals surface area contributed by atoms with Crippen molar-refractivity contribution < 1.29 is 13.2 Å². The van der Waals surface area contributed by atoms with Crippen LogP contribution in [0, 0.1) is 0 Å². The van der Waals surface area contributed by atoms with Crippen molar-refractivity contribution in [1.82, 2.24) is 10.6 Å².